The molecule has 0 saturated carbocycles. The standard InChI is InChI=1S/C16H22ClN3O/c1-2-20(15-9-13-7-8-14(10-15)18-13)16(21)19-12-5-3-11(17)4-6-12/h3-6,13-15,18H,2,7-10H2,1H3,(H,19,21). The highest BCUT2D eigenvalue weighted by Gasteiger charge is 2.37. The Morgan fingerprint density at radius 3 is 2.48 bits per heavy atom. The van der Waals surface area contributed by atoms with Gasteiger partial charge in [-0.1, -0.05) is 11.6 Å². The van der Waals surface area contributed by atoms with Crippen LogP contribution in [0.25, 0.3) is 0 Å². The second-order valence-corrected chi connectivity index (χ2v) is 6.42. The second kappa shape index (κ2) is 6.24. The SMILES string of the molecule is CCN(C(=O)Nc1ccc(Cl)cc1)C1CC2CCC(C1)N2. The summed E-state index contributed by atoms with van der Waals surface area (Å²) in [6.07, 6.45) is 4.63. The molecule has 2 heterocycles. The lowest BCUT2D eigenvalue weighted by Gasteiger charge is -2.37. The molecule has 2 bridgehead atoms. The number of fused-ring (bicyclic) bond motifs is 2. The molecule has 0 spiro atoms. The van der Waals surface area contributed by atoms with Gasteiger partial charge in [0.25, 0.3) is 0 Å². The Bertz CT molecular complexity index is 493. The Kier molecular flexibility index (Phi) is 4.36. The molecule has 2 fully saturated rings. The number of nitrogens with one attached hydrogen (secondary N) is 2. The van der Waals surface area contributed by atoms with Gasteiger partial charge >= 0.3 is 6.03 Å². The number of nitrogens with zero attached hydrogens (tertiary/aromatic N) is 1. The van der Waals surface area contributed by atoms with Crippen LogP contribution < -0.4 is 10.6 Å². The first-order valence-corrected chi connectivity index (χ1v) is 8.12. The van der Waals surface area contributed by atoms with Gasteiger partial charge in [-0.15, -0.1) is 0 Å². The van der Waals surface area contributed by atoms with E-state index in [0.717, 1.165) is 25.1 Å². The Labute approximate surface area is 130 Å². The van der Waals surface area contributed by atoms with Gasteiger partial charge in [-0.05, 0) is 56.9 Å². The predicted molar refractivity (Wildman–Crippen MR) is 85.8 cm³/mol. The van der Waals surface area contributed by atoms with Crippen LogP contribution in [0.4, 0.5) is 10.5 Å². The Morgan fingerprint density at radius 1 is 1.29 bits per heavy atom. The number of carbonyl (C=O) groups excluding carboxylic acids is 1. The van der Waals surface area contributed by atoms with Crippen molar-refractivity contribution in [1.29, 1.82) is 0 Å². The van der Waals surface area contributed by atoms with Crippen molar-refractivity contribution in [3.8, 4) is 0 Å². The molecule has 2 aliphatic heterocycles. The number of benzene rings is 1. The van der Waals surface area contributed by atoms with Crippen LogP contribution in [0.15, 0.2) is 24.3 Å². The van der Waals surface area contributed by atoms with Gasteiger partial charge in [-0.3, -0.25) is 0 Å². The summed E-state index contributed by atoms with van der Waals surface area (Å²) in [6, 6.07) is 8.76. The highest BCUT2D eigenvalue weighted by atomic mass is 35.5. The minimum atomic E-state index is -0.00822. The van der Waals surface area contributed by atoms with Crippen molar-refractivity contribution in [3.05, 3.63) is 29.3 Å². The number of rotatable bonds is 3. The lowest BCUT2D eigenvalue weighted by Crippen LogP contribution is -2.51. The van der Waals surface area contributed by atoms with Crippen molar-refractivity contribution in [3.63, 3.8) is 0 Å². The largest absolute Gasteiger partial charge is 0.322 e. The number of amides is 2. The third-order valence-electron chi connectivity index (χ3n) is 4.59. The molecule has 114 valence electrons. The summed E-state index contributed by atoms with van der Waals surface area (Å²) >= 11 is 5.87. The number of anilines is 1. The lowest BCUT2D eigenvalue weighted by molar-refractivity contribution is 0.162. The van der Waals surface area contributed by atoms with Crippen LogP contribution in [-0.2, 0) is 0 Å². The first-order valence-electron chi connectivity index (χ1n) is 7.75. The first kappa shape index (κ1) is 14.7. The van der Waals surface area contributed by atoms with E-state index in [9.17, 15) is 4.79 Å². The molecule has 3 rings (SSSR count). The summed E-state index contributed by atoms with van der Waals surface area (Å²) < 4.78 is 0. The molecular weight excluding hydrogens is 286 g/mol. The molecular formula is C16H22ClN3O. The molecule has 2 atom stereocenters. The first-order chi connectivity index (χ1) is 10.2. The van der Waals surface area contributed by atoms with E-state index >= 15 is 0 Å². The van der Waals surface area contributed by atoms with E-state index in [-0.39, 0.29) is 6.03 Å². The fraction of sp³-hybridized carbons (Fsp3) is 0.562. The van der Waals surface area contributed by atoms with Crippen molar-refractivity contribution >= 4 is 23.3 Å². The van der Waals surface area contributed by atoms with E-state index in [0.29, 0.717) is 23.1 Å². The zero-order valence-corrected chi connectivity index (χ0v) is 13.1. The minimum Gasteiger partial charge on any atom is -0.322 e. The van der Waals surface area contributed by atoms with Crippen LogP contribution >= 0.6 is 11.6 Å². The van der Waals surface area contributed by atoms with Gasteiger partial charge in [0, 0.05) is 35.4 Å². The highest BCUT2D eigenvalue weighted by molar-refractivity contribution is 6.30. The number of carbonyl (C=O) groups is 1. The number of urea groups is 1. The van der Waals surface area contributed by atoms with Crippen molar-refractivity contribution in [2.24, 2.45) is 0 Å². The van der Waals surface area contributed by atoms with Crippen molar-refractivity contribution < 1.29 is 4.79 Å². The predicted octanol–water partition coefficient (Wildman–Crippen LogP) is 3.48. The summed E-state index contributed by atoms with van der Waals surface area (Å²) in [5, 5.41) is 7.27. The molecule has 1 aromatic carbocycles. The summed E-state index contributed by atoms with van der Waals surface area (Å²) in [4.78, 5) is 14.5. The second-order valence-electron chi connectivity index (χ2n) is 5.99. The molecule has 0 aromatic heterocycles. The molecule has 2 amide bonds. The third-order valence-corrected chi connectivity index (χ3v) is 4.84. The van der Waals surface area contributed by atoms with Gasteiger partial charge < -0.3 is 15.5 Å². The van der Waals surface area contributed by atoms with E-state index < -0.39 is 0 Å². The van der Waals surface area contributed by atoms with E-state index in [1.807, 2.05) is 24.0 Å². The van der Waals surface area contributed by atoms with Gasteiger partial charge in [0.1, 0.15) is 0 Å². The normalized spacial score (nSPS) is 27.4. The van der Waals surface area contributed by atoms with E-state index in [1.165, 1.54) is 12.8 Å². The zero-order chi connectivity index (χ0) is 14.8. The Balaban J connectivity index is 1.65. The number of halogens is 1. The average molecular weight is 308 g/mol. The quantitative estimate of drug-likeness (QED) is 0.898. The van der Waals surface area contributed by atoms with Gasteiger partial charge in [0.05, 0.1) is 0 Å². The molecule has 5 heteroatoms. The molecule has 4 nitrogen and oxygen atoms in total. The fourth-order valence-corrected chi connectivity index (χ4v) is 3.70. The molecule has 0 aliphatic carbocycles. The van der Waals surface area contributed by atoms with Crippen molar-refractivity contribution in [2.75, 3.05) is 11.9 Å². The van der Waals surface area contributed by atoms with Crippen molar-refractivity contribution in [1.82, 2.24) is 10.2 Å². The maximum absolute atomic E-state index is 12.5. The molecule has 1 aromatic rings. The smallest absolute Gasteiger partial charge is 0.322 e. The van der Waals surface area contributed by atoms with Crippen LogP contribution in [0.3, 0.4) is 0 Å². The summed E-state index contributed by atoms with van der Waals surface area (Å²) in [5.74, 6) is 0. The number of hydrogen-bond donors (Lipinski definition) is 2. The van der Waals surface area contributed by atoms with Crippen LogP contribution in [-0.4, -0.2) is 35.6 Å². The Hall–Kier alpha value is -1.26. The average Bonchev–Trinajstić information content (AvgIpc) is 2.81. The van der Waals surface area contributed by atoms with Crippen molar-refractivity contribution in [2.45, 2.75) is 50.7 Å². The van der Waals surface area contributed by atoms with E-state index in [4.69, 9.17) is 11.6 Å². The fourth-order valence-electron chi connectivity index (χ4n) is 3.58. The molecule has 2 N–H and O–H groups in total. The third kappa shape index (κ3) is 3.33. The number of piperidine rings is 1. The monoisotopic (exact) mass is 307 g/mol. The van der Waals surface area contributed by atoms with E-state index in [1.54, 1.807) is 12.1 Å². The summed E-state index contributed by atoms with van der Waals surface area (Å²) in [7, 11) is 0. The highest BCUT2D eigenvalue weighted by Crippen LogP contribution is 2.30. The van der Waals surface area contributed by atoms with E-state index in [2.05, 4.69) is 10.6 Å². The maximum Gasteiger partial charge on any atom is 0.322 e. The molecule has 2 aliphatic rings. The topological polar surface area (TPSA) is 44.4 Å². The van der Waals surface area contributed by atoms with Crippen LogP contribution in [0.1, 0.15) is 32.6 Å². The van der Waals surface area contributed by atoms with Crippen LogP contribution in [0.5, 0.6) is 0 Å². The van der Waals surface area contributed by atoms with Gasteiger partial charge in [0.2, 0.25) is 0 Å². The van der Waals surface area contributed by atoms with Crippen LogP contribution in [0, 0.1) is 0 Å². The maximum atomic E-state index is 12.5. The minimum absolute atomic E-state index is 0.00822. The molecule has 21 heavy (non-hydrogen) atoms. The summed E-state index contributed by atoms with van der Waals surface area (Å²) in [6.45, 7) is 2.79. The lowest BCUT2D eigenvalue weighted by atomic mass is 9.98. The summed E-state index contributed by atoms with van der Waals surface area (Å²) in [5.41, 5.74) is 0.791. The molecule has 0 radical (unpaired) electrons. The molecule has 2 unspecified atom stereocenters. The Morgan fingerprint density at radius 2 is 1.90 bits per heavy atom. The van der Waals surface area contributed by atoms with Crippen LogP contribution in [0.2, 0.25) is 5.02 Å². The number of hydrogen-bond acceptors (Lipinski definition) is 2. The van der Waals surface area contributed by atoms with Gasteiger partial charge in [0.15, 0.2) is 0 Å². The van der Waals surface area contributed by atoms with Gasteiger partial charge in [-0.25, -0.2) is 4.79 Å². The van der Waals surface area contributed by atoms with Gasteiger partial charge in [-0.2, -0.15) is 0 Å². The molecule has 2 saturated heterocycles. The zero-order valence-electron chi connectivity index (χ0n) is 12.3.